The highest BCUT2D eigenvalue weighted by atomic mass is 35.5. The van der Waals surface area contributed by atoms with Crippen molar-refractivity contribution in [2.24, 2.45) is 5.41 Å². The summed E-state index contributed by atoms with van der Waals surface area (Å²) in [5, 5.41) is 4.81. The molecule has 1 saturated carbocycles. The van der Waals surface area contributed by atoms with Gasteiger partial charge in [0.05, 0.1) is 0 Å². The SMILES string of the molecule is CCC1(CNC(=O)NC(=O)CCl)CC1. The fourth-order valence-corrected chi connectivity index (χ4v) is 1.37. The number of hydrogen-bond donors (Lipinski definition) is 2. The van der Waals surface area contributed by atoms with Crippen LogP contribution >= 0.6 is 11.6 Å². The van der Waals surface area contributed by atoms with Crippen molar-refractivity contribution in [2.45, 2.75) is 26.2 Å². The van der Waals surface area contributed by atoms with E-state index in [1.54, 1.807) is 0 Å². The highest BCUT2D eigenvalue weighted by Gasteiger charge is 2.40. The topological polar surface area (TPSA) is 58.2 Å². The molecule has 1 aliphatic carbocycles. The molecule has 0 spiro atoms. The van der Waals surface area contributed by atoms with E-state index in [1.165, 1.54) is 0 Å². The molecule has 0 aromatic heterocycles. The molecule has 5 heteroatoms. The Hall–Kier alpha value is -0.770. The molecule has 2 N–H and O–H groups in total. The summed E-state index contributed by atoms with van der Waals surface area (Å²) >= 11 is 5.23. The van der Waals surface area contributed by atoms with Crippen LogP contribution in [-0.4, -0.2) is 24.4 Å². The molecule has 0 radical (unpaired) electrons. The third-order valence-corrected chi connectivity index (χ3v) is 2.95. The van der Waals surface area contributed by atoms with E-state index in [4.69, 9.17) is 11.6 Å². The first-order valence-electron chi connectivity index (χ1n) is 4.75. The zero-order valence-electron chi connectivity index (χ0n) is 8.23. The van der Waals surface area contributed by atoms with Crippen molar-refractivity contribution in [3.63, 3.8) is 0 Å². The monoisotopic (exact) mass is 218 g/mol. The Labute approximate surface area is 88.4 Å². The number of carbonyl (C=O) groups is 2. The Morgan fingerprint density at radius 1 is 1.43 bits per heavy atom. The van der Waals surface area contributed by atoms with Crippen LogP contribution in [0, 0.1) is 5.41 Å². The van der Waals surface area contributed by atoms with E-state index in [0.717, 1.165) is 19.3 Å². The van der Waals surface area contributed by atoms with E-state index in [-0.39, 0.29) is 5.88 Å². The molecule has 1 fully saturated rings. The van der Waals surface area contributed by atoms with Gasteiger partial charge in [-0.1, -0.05) is 6.92 Å². The summed E-state index contributed by atoms with van der Waals surface area (Å²) in [5.74, 6) is -0.655. The second kappa shape index (κ2) is 4.64. The van der Waals surface area contributed by atoms with Crippen LogP contribution in [0.3, 0.4) is 0 Å². The summed E-state index contributed by atoms with van der Waals surface area (Å²) in [4.78, 5) is 21.8. The predicted molar refractivity (Wildman–Crippen MR) is 54.2 cm³/mol. The van der Waals surface area contributed by atoms with Crippen LogP contribution in [0.15, 0.2) is 0 Å². The molecule has 0 bridgehead atoms. The van der Waals surface area contributed by atoms with E-state index in [2.05, 4.69) is 17.6 Å². The van der Waals surface area contributed by atoms with Crippen molar-refractivity contribution >= 4 is 23.5 Å². The zero-order valence-corrected chi connectivity index (χ0v) is 8.99. The van der Waals surface area contributed by atoms with Gasteiger partial charge in [-0.2, -0.15) is 0 Å². The number of hydrogen-bond acceptors (Lipinski definition) is 2. The van der Waals surface area contributed by atoms with Gasteiger partial charge >= 0.3 is 6.03 Å². The van der Waals surface area contributed by atoms with Gasteiger partial charge in [0.2, 0.25) is 5.91 Å². The van der Waals surface area contributed by atoms with Gasteiger partial charge in [0.1, 0.15) is 5.88 Å². The molecule has 1 rings (SSSR count). The number of urea groups is 1. The maximum Gasteiger partial charge on any atom is 0.321 e. The van der Waals surface area contributed by atoms with Crippen molar-refractivity contribution in [1.29, 1.82) is 0 Å². The number of imide groups is 1. The normalized spacial score (nSPS) is 17.3. The lowest BCUT2D eigenvalue weighted by Gasteiger charge is -2.13. The average molecular weight is 219 g/mol. The number of amides is 3. The summed E-state index contributed by atoms with van der Waals surface area (Å²) in [6.07, 6.45) is 3.39. The van der Waals surface area contributed by atoms with Gasteiger partial charge in [0.15, 0.2) is 0 Å². The van der Waals surface area contributed by atoms with E-state index in [1.807, 2.05) is 0 Å². The van der Waals surface area contributed by atoms with E-state index < -0.39 is 11.9 Å². The molecule has 0 unspecified atom stereocenters. The quantitative estimate of drug-likeness (QED) is 0.698. The van der Waals surface area contributed by atoms with E-state index in [9.17, 15) is 9.59 Å². The van der Waals surface area contributed by atoms with Crippen LogP contribution in [0.4, 0.5) is 4.79 Å². The predicted octanol–water partition coefficient (Wildman–Crippen LogP) is 1.24. The Balaban J connectivity index is 2.18. The summed E-state index contributed by atoms with van der Waals surface area (Å²) in [6, 6.07) is -0.449. The molecule has 0 aromatic rings. The van der Waals surface area contributed by atoms with Gasteiger partial charge in [0.25, 0.3) is 0 Å². The number of carbonyl (C=O) groups excluding carboxylic acids is 2. The summed E-state index contributed by atoms with van der Waals surface area (Å²) in [5.41, 5.74) is 0.293. The number of alkyl halides is 1. The molecule has 3 amide bonds. The molecular weight excluding hydrogens is 204 g/mol. The van der Waals surface area contributed by atoms with Crippen LogP contribution in [0.2, 0.25) is 0 Å². The molecule has 0 saturated heterocycles. The molecule has 0 aromatic carbocycles. The van der Waals surface area contributed by atoms with Gasteiger partial charge in [-0.05, 0) is 24.7 Å². The zero-order chi connectivity index (χ0) is 10.6. The second-order valence-corrected chi connectivity index (χ2v) is 3.99. The Morgan fingerprint density at radius 3 is 2.50 bits per heavy atom. The fraction of sp³-hybridized carbons (Fsp3) is 0.778. The number of nitrogens with one attached hydrogen (secondary N) is 2. The molecule has 0 heterocycles. The van der Waals surface area contributed by atoms with Gasteiger partial charge in [0, 0.05) is 6.54 Å². The smallest absolute Gasteiger partial charge is 0.321 e. The van der Waals surface area contributed by atoms with Gasteiger partial charge in [-0.25, -0.2) is 4.79 Å². The highest BCUT2D eigenvalue weighted by Crippen LogP contribution is 2.47. The number of rotatable bonds is 4. The molecule has 1 aliphatic rings. The lowest BCUT2D eigenvalue weighted by Crippen LogP contribution is -2.42. The van der Waals surface area contributed by atoms with Crippen molar-refractivity contribution < 1.29 is 9.59 Å². The third kappa shape index (κ3) is 3.18. The minimum absolute atomic E-state index is 0.188. The van der Waals surface area contributed by atoms with Crippen molar-refractivity contribution in [3.8, 4) is 0 Å². The van der Waals surface area contributed by atoms with E-state index >= 15 is 0 Å². The Bertz CT molecular complexity index is 239. The van der Waals surface area contributed by atoms with Gasteiger partial charge < -0.3 is 5.32 Å². The lowest BCUT2D eigenvalue weighted by molar-refractivity contribution is -0.117. The maximum absolute atomic E-state index is 11.1. The molecular formula is C9H15ClN2O2. The van der Waals surface area contributed by atoms with Crippen LogP contribution in [0.5, 0.6) is 0 Å². The summed E-state index contributed by atoms with van der Waals surface area (Å²) < 4.78 is 0. The fourth-order valence-electron chi connectivity index (χ4n) is 1.30. The first-order valence-corrected chi connectivity index (χ1v) is 5.29. The van der Waals surface area contributed by atoms with Crippen LogP contribution in [-0.2, 0) is 4.79 Å². The Kier molecular flexibility index (Phi) is 3.75. The maximum atomic E-state index is 11.1. The van der Waals surface area contributed by atoms with Crippen molar-refractivity contribution in [1.82, 2.24) is 10.6 Å². The van der Waals surface area contributed by atoms with Crippen LogP contribution in [0.25, 0.3) is 0 Å². The summed E-state index contributed by atoms with van der Waals surface area (Å²) in [7, 11) is 0. The minimum atomic E-state index is -0.467. The van der Waals surface area contributed by atoms with Gasteiger partial charge in [-0.15, -0.1) is 11.6 Å². The lowest BCUT2D eigenvalue weighted by atomic mass is 10.0. The van der Waals surface area contributed by atoms with Crippen LogP contribution < -0.4 is 10.6 Å². The van der Waals surface area contributed by atoms with Crippen molar-refractivity contribution in [2.75, 3.05) is 12.4 Å². The number of halogens is 1. The largest absolute Gasteiger partial charge is 0.337 e. The second-order valence-electron chi connectivity index (χ2n) is 3.72. The minimum Gasteiger partial charge on any atom is -0.337 e. The molecule has 0 aliphatic heterocycles. The third-order valence-electron chi connectivity index (χ3n) is 2.71. The average Bonchev–Trinajstić information content (AvgIpc) is 2.95. The standard InChI is InChI=1S/C9H15ClN2O2/c1-2-9(3-4-9)6-11-8(14)12-7(13)5-10/h2-6H2,1H3,(H2,11,12,13,14). The molecule has 80 valence electrons. The first-order chi connectivity index (χ1) is 6.62. The molecule has 14 heavy (non-hydrogen) atoms. The molecule has 4 nitrogen and oxygen atoms in total. The Morgan fingerprint density at radius 2 is 2.07 bits per heavy atom. The van der Waals surface area contributed by atoms with Crippen molar-refractivity contribution in [3.05, 3.63) is 0 Å². The van der Waals surface area contributed by atoms with E-state index in [0.29, 0.717) is 12.0 Å². The highest BCUT2D eigenvalue weighted by molar-refractivity contribution is 6.28. The van der Waals surface area contributed by atoms with Gasteiger partial charge in [-0.3, -0.25) is 10.1 Å². The molecule has 0 atom stereocenters. The first kappa shape index (κ1) is 11.3. The summed E-state index contributed by atoms with van der Waals surface area (Å²) in [6.45, 7) is 2.75. The van der Waals surface area contributed by atoms with Crippen LogP contribution in [0.1, 0.15) is 26.2 Å².